The van der Waals surface area contributed by atoms with Crippen molar-refractivity contribution in [2.24, 2.45) is 5.73 Å². The second-order valence-electron chi connectivity index (χ2n) is 6.01. The van der Waals surface area contributed by atoms with E-state index in [2.05, 4.69) is 5.32 Å². The Kier molecular flexibility index (Phi) is 7.27. The van der Waals surface area contributed by atoms with Crippen LogP contribution in [0.1, 0.15) is 26.3 Å². The molecule has 2 rings (SSSR count). The van der Waals surface area contributed by atoms with Gasteiger partial charge in [0.2, 0.25) is 5.91 Å². The van der Waals surface area contributed by atoms with Crippen LogP contribution in [0.4, 0.5) is 0 Å². The maximum Gasteiger partial charge on any atom is 0.339 e. The monoisotopic (exact) mass is 383 g/mol. The number of rotatable bonds is 8. The minimum atomic E-state index is -0.814. The molecule has 3 N–H and O–H groups in total. The third kappa shape index (κ3) is 5.94. The molecule has 0 unspecified atom stereocenters. The van der Waals surface area contributed by atoms with Crippen molar-refractivity contribution < 1.29 is 23.9 Å². The Morgan fingerprint density at radius 3 is 2.21 bits per heavy atom. The van der Waals surface area contributed by atoms with Crippen LogP contribution < -0.4 is 11.1 Å². The molecule has 0 spiro atoms. The van der Waals surface area contributed by atoms with Crippen LogP contribution in [0.15, 0.2) is 54.6 Å². The fourth-order valence-corrected chi connectivity index (χ4v) is 2.43. The van der Waals surface area contributed by atoms with Gasteiger partial charge in [0.25, 0.3) is 11.8 Å². The van der Waals surface area contributed by atoms with Gasteiger partial charge < -0.3 is 20.7 Å². The van der Waals surface area contributed by atoms with Gasteiger partial charge in [-0.2, -0.15) is 0 Å². The van der Waals surface area contributed by atoms with Crippen LogP contribution in [0.2, 0.25) is 0 Å². The van der Waals surface area contributed by atoms with Crippen LogP contribution in [0, 0.1) is 0 Å². The Balaban J connectivity index is 2.04. The van der Waals surface area contributed by atoms with Gasteiger partial charge in [0.15, 0.2) is 6.61 Å². The topological polar surface area (TPSA) is 119 Å². The lowest BCUT2D eigenvalue weighted by Gasteiger charge is -2.19. The number of hydrogen-bond acceptors (Lipinski definition) is 5. The molecule has 0 bridgehead atoms. The zero-order valence-electron chi connectivity index (χ0n) is 15.4. The molecule has 0 aromatic heterocycles. The first kappa shape index (κ1) is 20.6. The van der Waals surface area contributed by atoms with Crippen LogP contribution in [0.5, 0.6) is 0 Å². The summed E-state index contributed by atoms with van der Waals surface area (Å²) in [6.45, 7) is -0.567. The lowest BCUT2D eigenvalue weighted by atomic mass is 10.1. The SMILES string of the molecule is CN(Cc1ccccc1)C(=O)c1ccccc1C(=O)OCC(=O)NCC(N)=O. The second kappa shape index (κ2) is 9.86. The van der Waals surface area contributed by atoms with Crippen LogP contribution in [-0.2, 0) is 20.9 Å². The van der Waals surface area contributed by atoms with Crippen molar-refractivity contribution in [3.05, 3.63) is 71.3 Å². The van der Waals surface area contributed by atoms with Crippen LogP contribution in [-0.4, -0.2) is 48.8 Å². The smallest absolute Gasteiger partial charge is 0.339 e. The van der Waals surface area contributed by atoms with Gasteiger partial charge >= 0.3 is 5.97 Å². The highest BCUT2D eigenvalue weighted by Gasteiger charge is 2.21. The molecular formula is C20H21N3O5. The Labute approximate surface area is 162 Å². The van der Waals surface area contributed by atoms with Gasteiger partial charge in [-0.15, -0.1) is 0 Å². The summed E-state index contributed by atoms with van der Waals surface area (Å²) in [4.78, 5) is 48.8. The Morgan fingerprint density at radius 1 is 0.964 bits per heavy atom. The summed E-state index contributed by atoms with van der Waals surface area (Å²) in [5.74, 6) is -2.55. The molecule has 0 atom stereocenters. The zero-order valence-corrected chi connectivity index (χ0v) is 15.4. The Morgan fingerprint density at radius 2 is 1.57 bits per heavy atom. The van der Waals surface area contributed by atoms with Gasteiger partial charge in [-0.25, -0.2) is 4.79 Å². The summed E-state index contributed by atoms with van der Waals surface area (Å²) in [7, 11) is 1.63. The first-order chi connectivity index (χ1) is 13.4. The van der Waals surface area contributed by atoms with E-state index in [4.69, 9.17) is 10.5 Å². The lowest BCUT2D eigenvalue weighted by Crippen LogP contribution is -2.36. The minimum absolute atomic E-state index is 0.0510. The van der Waals surface area contributed by atoms with Crippen molar-refractivity contribution in [1.29, 1.82) is 0 Å². The van der Waals surface area contributed by atoms with Crippen LogP contribution in [0.25, 0.3) is 0 Å². The van der Waals surface area contributed by atoms with Crippen LogP contribution in [0.3, 0.4) is 0 Å². The van der Waals surface area contributed by atoms with E-state index in [-0.39, 0.29) is 23.6 Å². The molecule has 3 amide bonds. The van der Waals surface area contributed by atoms with E-state index in [9.17, 15) is 19.2 Å². The molecule has 0 radical (unpaired) electrons. The number of nitrogens with two attached hydrogens (primary N) is 1. The van der Waals surface area contributed by atoms with Gasteiger partial charge in [0, 0.05) is 13.6 Å². The van der Waals surface area contributed by atoms with E-state index in [0.717, 1.165) is 5.56 Å². The molecule has 0 saturated heterocycles. The summed E-state index contributed by atoms with van der Waals surface area (Å²) in [5, 5.41) is 2.21. The lowest BCUT2D eigenvalue weighted by molar-refractivity contribution is -0.127. The van der Waals surface area contributed by atoms with Gasteiger partial charge in [-0.1, -0.05) is 42.5 Å². The quantitative estimate of drug-likeness (QED) is 0.651. The molecule has 2 aromatic rings. The molecule has 0 aliphatic rings. The number of primary amides is 1. The Bertz CT molecular complexity index is 867. The van der Waals surface area contributed by atoms with E-state index in [0.29, 0.717) is 6.54 Å². The highest BCUT2D eigenvalue weighted by Crippen LogP contribution is 2.14. The molecule has 0 aliphatic heterocycles. The number of amides is 3. The van der Waals surface area contributed by atoms with Gasteiger partial charge in [-0.3, -0.25) is 14.4 Å². The summed E-state index contributed by atoms with van der Waals surface area (Å²) in [6, 6.07) is 15.6. The van der Waals surface area contributed by atoms with E-state index >= 15 is 0 Å². The number of benzene rings is 2. The normalized spacial score (nSPS) is 10.0. The molecule has 28 heavy (non-hydrogen) atoms. The first-order valence-electron chi connectivity index (χ1n) is 8.49. The maximum absolute atomic E-state index is 12.8. The number of carbonyl (C=O) groups excluding carboxylic acids is 4. The molecule has 2 aromatic carbocycles. The minimum Gasteiger partial charge on any atom is -0.452 e. The molecule has 8 heteroatoms. The van der Waals surface area contributed by atoms with Gasteiger partial charge in [-0.05, 0) is 17.7 Å². The third-order valence-corrected chi connectivity index (χ3v) is 3.78. The molecule has 0 saturated carbocycles. The molecular weight excluding hydrogens is 362 g/mol. The van der Waals surface area contributed by atoms with Crippen molar-refractivity contribution in [3.8, 4) is 0 Å². The number of nitrogens with zero attached hydrogens (tertiary/aromatic N) is 1. The van der Waals surface area contributed by atoms with Crippen molar-refractivity contribution in [2.45, 2.75) is 6.54 Å². The van der Waals surface area contributed by atoms with Crippen molar-refractivity contribution >= 4 is 23.7 Å². The number of ether oxygens (including phenoxy) is 1. The molecule has 0 heterocycles. The van der Waals surface area contributed by atoms with E-state index < -0.39 is 24.4 Å². The van der Waals surface area contributed by atoms with E-state index in [1.54, 1.807) is 19.2 Å². The Hall–Kier alpha value is -3.68. The van der Waals surface area contributed by atoms with Crippen molar-refractivity contribution in [3.63, 3.8) is 0 Å². The van der Waals surface area contributed by atoms with Crippen molar-refractivity contribution in [1.82, 2.24) is 10.2 Å². The van der Waals surface area contributed by atoms with Crippen molar-refractivity contribution in [2.75, 3.05) is 20.2 Å². The predicted octanol–water partition coefficient (Wildman–Crippen LogP) is 0.717. The highest BCUT2D eigenvalue weighted by atomic mass is 16.5. The number of hydrogen-bond donors (Lipinski definition) is 2. The van der Waals surface area contributed by atoms with E-state index in [1.165, 1.54) is 17.0 Å². The molecule has 146 valence electrons. The number of esters is 1. The van der Waals surface area contributed by atoms with Gasteiger partial charge in [0.05, 0.1) is 17.7 Å². The average Bonchev–Trinajstić information content (AvgIpc) is 2.70. The van der Waals surface area contributed by atoms with Crippen LogP contribution >= 0.6 is 0 Å². The summed E-state index contributed by atoms with van der Waals surface area (Å²) < 4.78 is 4.94. The fourth-order valence-electron chi connectivity index (χ4n) is 2.43. The highest BCUT2D eigenvalue weighted by molar-refractivity contribution is 6.05. The molecule has 8 nitrogen and oxygen atoms in total. The standard InChI is InChI=1S/C20H21N3O5/c1-23(12-14-7-3-2-4-8-14)19(26)15-9-5-6-10-16(15)20(27)28-13-18(25)22-11-17(21)24/h2-10H,11-13H2,1H3,(H2,21,24)(H,22,25). The molecule has 0 aliphatic carbocycles. The summed E-state index contributed by atoms with van der Waals surface area (Å²) in [6.07, 6.45) is 0. The second-order valence-corrected chi connectivity index (χ2v) is 6.01. The molecule has 0 fully saturated rings. The fraction of sp³-hybridized carbons (Fsp3) is 0.200. The predicted molar refractivity (Wildman–Crippen MR) is 101 cm³/mol. The number of nitrogens with one attached hydrogen (secondary N) is 1. The van der Waals surface area contributed by atoms with E-state index in [1.807, 2.05) is 30.3 Å². The maximum atomic E-state index is 12.8. The largest absolute Gasteiger partial charge is 0.452 e. The number of carbonyl (C=O) groups is 4. The zero-order chi connectivity index (χ0) is 20.5. The van der Waals surface area contributed by atoms with Gasteiger partial charge in [0.1, 0.15) is 0 Å². The average molecular weight is 383 g/mol. The summed E-state index contributed by atoms with van der Waals surface area (Å²) in [5.41, 5.74) is 6.09. The third-order valence-electron chi connectivity index (χ3n) is 3.78. The first-order valence-corrected chi connectivity index (χ1v) is 8.49. The summed E-state index contributed by atoms with van der Waals surface area (Å²) >= 11 is 0.